The average Bonchev–Trinajstić information content (AvgIpc) is 2.47. The van der Waals surface area contributed by atoms with E-state index in [1.807, 2.05) is 12.1 Å². The molecule has 2 saturated carbocycles. The first-order valence-electron chi connectivity index (χ1n) is 8.42. The van der Waals surface area contributed by atoms with Crippen LogP contribution in [0, 0.1) is 0 Å². The zero-order chi connectivity index (χ0) is 14.5. The standard InChI is InChI=1S/C18H26ClNO/c19-18-9-5-4-8-17(18)14-12-15(13-14)20-10-11-21-16-6-2-1-3-7-16/h4-5,8-9,14-16,20H,1-3,6-7,10-13H2. The number of hydrogen-bond acceptors (Lipinski definition) is 2. The lowest BCUT2D eigenvalue weighted by Crippen LogP contribution is -2.41. The fourth-order valence-corrected chi connectivity index (χ4v) is 3.86. The van der Waals surface area contributed by atoms with Crippen molar-refractivity contribution in [2.75, 3.05) is 13.2 Å². The van der Waals surface area contributed by atoms with Gasteiger partial charge in [-0.1, -0.05) is 49.1 Å². The fourth-order valence-electron chi connectivity index (χ4n) is 3.57. The maximum absolute atomic E-state index is 6.25. The molecule has 0 amide bonds. The Bertz CT molecular complexity index is 439. The van der Waals surface area contributed by atoms with Crippen LogP contribution < -0.4 is 5.32 Å². The second-order valence-electron chi connectivity index (χ2n) is 6.47. The SMILES string of the molecule is Clc1ccccc1C1CC(NCCOC2CCCCC2)C1. The fraction of sp³-hybridized carbons (Fsp3) is 0.667. The Morgan fingerprint density at radius 1 is 1.10 bits per heavy atom. The van der Waals surface area contributed by atoms with E-state index in [4.69, 9.17) is 16.3 Å². The van der Waals surface area contributed by atoms with Crippen LogP contribution in [0.5, 0.6) is 0 Å². The van der Waals surface area contributed by atoms with Crippen LogP contribution in [0.15, 0.2) is 24.3 Å². The number of rotatable bonds is 6. The molecule has 0 saturated heterocycles. The van der Waals surface area contributed by atoms with Gasteiger partial charge in [0.15, 0.2) is 0 Å². The molecule has 0 aliphatic heterocycles. The first-order valence-corrected chi connectivity index (χ1v) is 8.80. The maximum atomic E-state index is 6.25. The normalized spacial score (nSPS) is 26.5. The molecule has 3 heteroatoms. The van der Waals surface area contributed by atoms with E-state index in [0.717, 1.165) is 18.2 Å². The van der Waals surface area contributed by atoms with Crippen molar-refractivity contribution in [3.63, 3.8) is 0 Å². The molecule has 2 aliphatic carbocycles. The van der Waals surface area contributed by atoms with Crippen molar-refractivity contribution in [1.29, 1.82) is 0 Å². The van der Waals surface area contributed by atoms with Gasteiger partial charge >= 0.3 is 0 Å². The average molecular weight is 308 g/mol. The molecule has 0 spiro atoms. The van der Waals surface area contributed by atoms with Gasteiger partial charge in [0.05, 0.1) is 12.7 Å². The monoisotopic (exact) mass is 307 g/mol. The van der Waals surface area contributed by atoms with Gasteiger partial charge in [-0.05, 0) is 43.2 Å². The third-order valence-electron chi connectivity index (χ3n) is 4.92. The van der Waals surface area contributed by atoms with Crippen LogP contribution in [0.4, 0.5) is 0 Å². The minimum absolute atomic E-state index is 0.526. The van der Waals surface area contributed by atoms with Crippen LogP contribution in [-0.4, -0.2) is 25.3 Å². The van der Waals surface area contributed by atoms with Gasteiger partial charge in [-0.2, -0.15) is 0 Å². The summed E-state index contributed by atoms with van der Waals surface area (Å²) < 4.78 is 5.95. The van der Waals surface area contributed by atoms with E-state index in [2.05, 4.69) is 17.4 Å². The molecular formula is C18H26ClNO. The van der Waals surface area contributed by atoms with E-state index < -0.39 is 0 Å². The third-order valence-corrected chi connectivity index (χ3v) is 5.27. The zero-order valence-electron chi connectivity index (χ0n) is 12.7. The molecule has 0 heterocycles. The molecule has 21 heavy (non-hydrogen) atoms. The van der Waals surface area contributed by atoms with E-state index in [1.165, 1.54) is 50.5 Å². The molecule has 1 aromatic rings. The summed E-state index contributed by atoms with van der Waals surface area (Å²) in [6, 6.07) is 8.88. The van der Waals surface area contributed by atoms with Crippen molar-refractivity contribution in [3.8, 4) is 0 Å². The molecule has 1 N–H and O–H groups in total. The summed E-state index contributed by atoms with van der Waals surface area (Å²) in [6.45, 7) is 1.84. The number of nitrogens with one attached hydrogen (secondary N) is 1. The second-order valence-corrected chi connectivity index (χ2v) is 6.88. The molecule has 0 unspecified atom stereocenters. The van der Waals surface area contributed by atoms with Crippen LogP contribution in [0.3, 0.4) is 0 Å². The van der Waals surface area contributed by atoms with Gasteiger partial charge in [-0.3, -0.25) is 0 Å². The summed E-state index contributed by atoms with van der Waals surface area (Å²) in [5.41, 5.74) is 1.32. The minimum atomic E-state index is 0.526. The summed E-state index contributed by atoms with van der Waals surface area (Å²) in [4.78, 5) is 0. The van der Waals surface area contributed by atoms with Gasteiger partial charge in [0, 0.05) is 17.6 Å². The highest BCUT2D eigenvalue weighted by atomic mass is 35.5. The van der Waals surface area contributed by atoms with Gasteiger partial charge in [0.25, 0.3) is 0 Å². The quantitative estimate of drug-likeness (QED) is 0.780. The molecule has 2 aliphatic rings. The molecule has 0 radical (unpaired) electrons. The van der Waals surface area contributed by atoms with Crippen LogP contribution in [-0.2, 0) is 4.74 Å². The van der Waals surface area contributed by atoms with E-state index in [-0.39, 0.29) is 0 Å². The first-order chi connectivity index (χ1) is 10.3. The van der Waals surface area contributed by atoms with Gasteiger partial charge < -0.3 is 10.1 Å². The van der Waals surface area contributed by atoms with Gasteiger partial charge in [-0.25, -0.2) is 0 Å². The maximum Gasteiger partial charge on any atom is 0.0594 e. The van der Waals surface area contributed by atoms with Crippen LogP contribution in [0.1, 0.15) is 56.4 Å². The summed E-state index contributed by atoms with van der Waals surface area (Å²) in [6.07, 6.45) is 9.54. The second kappa shape index (κ2) is 7.62. The summed E-state index contributed by atoms with van der Waals surface area (Å²) in [5.74, 6) is 0.635. The van der Waals surface area contributed by atoms with Crippen LogP contribution in [0.2, 0.25) is 5.02 Å². The Hall–Kier alpha value is -0.570. The minimum Gasteiger partial charge on any atom is -0.377 e. The molecule has 116 valence electrons. The lowest BCUT2D eigenvalue weighted by molar-refractivity contribution is 0.0280. The summed E-state index contributed by atoms with van der Waals surface area (Å²) >= 11 is 6.25. The van der Waals surface area contributed by atoms with E-state index >= 15 is 0 Å². The number of halogens is 1. The van der Waals surface area contributed by atoms with Crippen molar-refractivity contribution < 1.29 is 4.74 Å². The highest BCUT2D eigenvalue weighted by Crippen LogP contribution is 2.39. The smallest absolute Gasteiger partial charge is 0.0594 e. The first kappa shape index (κ1) is 15.3. The van der Waals surface area contributed by atoms with Crippen molar-refractivity contribution >= 4 is 11.6 Å². The Balaban J connectivity index is 1.30. The molecule has 2 fully saturated rings. The molecule has 3 rings (SSSR count). The summed E-state index contributed by atoms with van der Waals surface area (Å²) in [5, 5.41) is 4.53. The van der Waals surface area contributed by atoms with E-state index in [0.29, 0.717) is 18.1 Å². The Morgan fingerprint density at radius 3 is 2.62 bits per heavy atom. The number of ether oxygens (including phenoxy) is 1. The predicted molar refractivity (Wildman–Crippen MR) is 88.0 cm³/mol. The zero-order valence-corrected chi connectivity index (χ0v) is 13.4. The summed E-state index contributed by atoms with van der Waals surface area (Å²) in [7, 11) is 0. The van der Waals surface area contributed by atoms with Crippen LogP contribution >= 0.6 is 11.6 Å². The molecule has 2 nitrogen and oxygen atoms in total. The van der Waals surface area contributed by atoms with Crippen molar-refractivity contribution in [3.05, 3.63) is 34.9 Å². The predicted octanol–water partition coefficient (Wildman–Crippen LogP) is 4.52. The Kier molecular flexibility index (Phi) is 5.56. The largest absolute Gasteiger partial charge is 0.377 e. The Morgan fingerprint density at radius 2 is 1.86 bits per heavy atom. The lowest BCUT2D eigenvalue weighted by atomic mass is 9.76. The third kappa shape index (κ3) is 4.21. The highest BCUT2D eigenvalue weighted by Gasteiger charge is 2.30. The topological polar surface area (TPSA) is 21.3 Å². The molecular weight excluding hydrogens is 282 g/mol. The van der Waals surface area contributed by atoms with Gasteiger partial charge in [0.2, 0.25) is 0 Å². The Labute approximate surface area is 133 Å². The van der Waals surface area contributed by atoms with Crippen molar-refractivity contribution in [1.82, 2.24) is 5.32 Å². The van der Waals surface area contributed by atoms with Crippen LogP contribution in [0.25, 0.3) is 0 Å². The van der Waals surface area contributed by atoms with Crippen molar-refractivity contribution in [2.45, 2.75) is 63.0 Å². The van der Waals surface area contributed by atoms with Gasteiger partial charge in [0.1, 0.15) is 0 Å². The van der Waals surface area contributed by atoms with E-state index in [1.54, 1.807) is 0 Å². The van der Waals surface area contributed by atoms with E-state index in [9.17, 15) is 0 Å². The lowest BCUT2D eigenvalue weighted by Gasteiger charge is -2.37. The molecule has 0 bridgehead atoms. The number of benzene rings is 1. The molecule has 0 aromatic heterocycles. The number of hydrogen-bond donors (Lipinski definition) is 1. The highest BCUT2D eigenvalue weighted by molar-refractivity contribution is 6.31. The molecule has 0 atom stereocenters. The molecule has 1 aromatic carbocycles. The van der Waals surface area contributed by atoms with Gasteiger partial charge in [-0.15, -0.1) is 0 Å². The van der Waals surface area contributed by atoms with Crippen molar-refractivity contribution in [2.24, 2.45) is 0 Å².